The lowest BCUT2D eigenvalue weighted by Gasteiger charge is -2.21. The Labute approximate surface area is 225 Å². The van der Waals surface area contributed by atoms with Crippen LogP contribution in [0.2, 0.25) is 0 Å². The van der Waals surface area contributed by atoms with E-state index in [2.05, 4.69) is 19.4 Å². The van der Waals surface area contributed by atoms with Gasteiger partial charge in [-0.1, -0.05) is 13.3 Å². The molecule has 1 aromatic heterocycles. The van der Waals surface area contributed by atoms with Crippen LogP contribution in [0.4, 0.5) is 43.9 Å². The highest BCUT2D eigenvalue weighted by Gasteiger charge is 2.43. The Morgan fingerprint density at radius 2 is 1.20 bits per heavy atom. The predicted molar refractivity (Wildman–Crippen MR) is 123 cm³/mol. The van der Waals surface area contributed by atoms with Gasteiger partial charge in [-0.25, -0.2) is 36.3 Å². The van der Waals surface area contributed by atoms with Crippen molar-refractivity contribution in [1.82, 2.24) is 9.97 Å². The van der Waals surface area contributed by atoms with Crippen LogP contribution in [-0.4, -0.2) is 9.97 Å². The summed E-state index contributed by atoms with van der Waals surface area (Å²) < 4.78 is 151. The lowest BCUT2D eigenvalue weighted by atomic mass is 10.0. The van der Waals surface area contributed by atoms with Gasteiger partial charge in [-0.2, -0.15) is 17.6 Å². The molecule has 0 aliphatic carbocycles. The molecule has 1 heterocycles. The number of halogens is 10. The average Bonchev–Trinajstić information content (AvgIpc) is 2.86. The van der Waals surface area contributed by atoms with Crippen LogP contribution >= 0.6 is 0 Å². The fourth-order valence-corrected chi connectivity index (χ4v) is 3.71. The number of alkyl halides is 4. The van der Waals surface area contributed by atoms with E-state index >= 15 is 0 Å². The van der Waals surface area contributed by atoms with Crippen LogP contribution in [-0.2, 0) is 18.6 Å². The van der Waals surface area contributed by atoms with Gasteiger partial charge in [0.05, 0.1) is 0 Å². The van der Waals surface area contributed by atoms with Crippen molar-refractivity contribution in [3.8, 4) is 22.6 Å². The lowest BCUT2D eigenvalue weighted by Crippen LogP contribution is -2.27. The van der Waals surface area contributed by atoms with E-state index in [9.17, 15) is 43.9 Å². The molecule has 0 fully saturated rings. The van der Waals surface area contributed by atoms with E-state index in [1.807, 2.05) is 6.92 Å². The van der Waals surface area contributed by atoms with Crippen molar-refractivity contribution in [1.29, 1.82) is 0 Å². The number of rotatable bonds is 9. The number of aromatic nitrogens is 2. The van der Waals surface area contributed by atoms with Gasteiger partial charge < -0.3 is 9.47 Å². The number of aryl methyl sites for hydroxylation is 1. The van der Waals surface area contributed by atoms with Crippen molar-refractivity contribution >= 4 is 0 Å². The maximum absolute atomic E-state index is 14.7. The predicted octanol–water partition coefficient (Wildman–Crippen LogP) is 8.19. The largest absolute Gasteiger partial charge is 0.462 e. The number of hydrogen-bond donors (Lipinski definition) is 0. The van der Waals surface area contributed by atoms with Crippen LogP contribution in [0.5, 0.6) is 11.5 Å². The quantitative estimate of drug-likeness (QED) is 0.146. The van der Waals surface area contributed by atoms with Gasteiger partial charge in [-0.3, -0.25) is 0 Å². The molecule has 0 aliphatic rings. The first kappa shape index (κ1) is 29.6. The molecule has 0 saturated heterocycles. The Morgan fingerprint density at radius 3 is 1.73 bits per heavy atom. The molecule has 0 saturated carbocycles. The Balaban J connectivity index is 1.56. The molecule has 3 aromatic carbocycles. The minimum atomic E-state index is -4.81. The molecule has 0 bridgehead atoms. The van der Waals surface area contributed by atoms with Crippen LogP contribution in [0, 0.1) is 34.9 Å². The topological polar surface area (TPSA) is 44.2 Å². The minimum Gasteiger partial charge on any atom is -0.429 e. The smallest absolute Gasteiger partial charge is 0.429 e. The van der Waals surface area contributed by atoms with Gasteiger partial charge in [0.2, 0.25) is 5.82 Å². The zero-order chi connectivity index (χ0) is 30.1. The van der Waals surface area contributed by atoms with E-state index in [0.717, 1.165) is 18.5 Å². The Morgan fingerprint density at radius 1 is 0.659 bits per heavy atom. The molecule has 0 unspecified atom stereocenters. The van der Waals surface area contributed by atoms with E-state index in [-0.39, 0.29) is 12.1 Å². The summed E-state index contributed by atoms with van der Waals surface area (Å²) in [5.41, 5.74) is -2.49. The molecule has 41 heavy (non-hydrogen) atoms. The van der Waals surface area contributed by atoms with Crippen molar-refractivity contribution in [3.63, 3.8) is 0 Å². The Bertz CT molecular complexity index is 1530. The second-order valence-electron chi connectivity index (χ2n) is 8.56. The summed E-state index contributed by atoms with van der Waals surface area (Å²) in [6.07, 6.45) is -5.69. The van der Waals surface area contributed by atoms with E-state index in [1.54, 1.807) is 0 Å². The van der Waals surface area contributed by atoms with Crippen molar-refractivity contribution < 1.29 is 53.4 Å². The Hall–Kier alpha value is -4.36. The van der Waals surface area contributed by atoms with Crippen LogP contribution in [0.1, 0.15) is 30.3 Å². The van der Waals surface area contributed by atoms with Gasteiger partial charge in [0.1, 0.15) is 34.5 Å². The van der Waals surface area contributed by atoms with Gasteiger partial charge in [-0.15, -0.1) is 0 Å². The highest BCUT2D eigenvalue weighted by Crippen LogP contribution is 2.39. The summed E-state index contributed by atoms with van der Waals surface area (Å²) in [7, 11) is 0. The summed E-state index contributed by atoms with van der Waals surface area (Å²) in [4.78, 5) is 6.92. The SMILES string of the molecule is CCCc1cnc(C(F)(F)Oc2cc(F)c(C(F)(F)Oc3ccc(-c4cc(F)c(F)c(F)c4)c(F)c3)c(F)c2)nc1. The molecule has 0 atom stereocenters. The standard InChI is InChI=1S/C27H16F10N2O2/c1-2-3-13-11-38-25(39-12-13)27(36,37)41-16-9-19(29)23(20(30)10-16)26(34,35)40-15-4-5-17(18(28)8-15)14-6-21(31)24(33)22(32)7-14/h4-12H,2-3H2,1H3. The third-order valence-corrected chi connectivity index (χ3v) is 5.54. The molecular formula is C27H16F10N2O2. The fourth-order valence-electron chi connectivity index (χ4n) is 3.71. The molecule has 4 aromatic rings. The third kappa shape index (κ3) is 6.36. The normalized spacial score (nSPS) is 12.0. The number of nitrogens with zero attached hydrogens (tertiary/aromatic N) is 2. The highest BCUT2D eigenvalue weighted by atomic mass is 19.3. The molecule has 0 aliphatic heterocycles. The van der Waals surface area contributed by atoms with Gasteiger partial charge in [-0.05, 0) is 41.8 Å². The average molecular weight is 590 g/mol. The van der Waals surface area contributed by atoms with Crippen LogP contribution < -0.4 is 9.47 Å². The van der Waals surface area contributed by atoms with Crippen molar-refractivity contribution in [3.05, 3.63) is 107 Å². The van der Waals surface area contributed by atoms with E-state index in [4.69, 9.17) is 0 Å². The number of ether oxygens (including phenoxy) is 2. The summed E-state index contributed by atoms with van der Waals surface area (Å²) in [6.45, 7) is 1.84. The first-order valence-electron chi connectivity index (χ1n) is 11.6. The van der Waals surface area contributed by atoms with Gasteiger partial charge in [0.15, 0.2) is 17.5 Å². The lowest BCUT2D eigenvalue weighted by molar-refractivity contribution is -0.193. The van der Waals surface area contributed by atoms with E-state index < -0.39 is 81.1 Å². The number of benzene rings is 3. The van der Waals surface area contributed by atoms with Crippen LogP contribution in [0.15, 0.2) is 54.9 Å². The van der Waals surface area contributed by atoms with Gasteiger partial charge in [0.25, 0.3) is 0 Å². The first-order chi connectivity index (χ1) is 19.2. The summed E-state index contributed by atoms with van der Waals surface area (Å²) in [5, 5.41) is 0. The van der Waals surface area contributed by atoms with Gasteiger partial charge in [0, 0.05) is 36.2 Å². The molecule has 0 amide bonds. The zero-order valence-electron chi connectivity index (χ0n) is 20.6. The molecule has 4 rings (SSSR count). The van der Waals surface area contributed by atoms with E-state index in [0.29, 0.717) is 42.7 Å². The zero-order valence-corrected chi connectivity index (χ0v) is 20.6. The maximum atomic E-state index is 14.7. The molecule has 216 valence electrons. The summed E-state index contributed by atoms with van der Waals surface area (Å²) in [6, 6.07) is 2.77. The molecule has 0 radical (unpaired) electrons. The summed E-state index contributed by atoms with van der Waals surface area (Å²) in [5.74, 6) is -13.8. The fraction of sp³-hybridized carbons (Fsp3) is 0.185. The van der Waals surface area contributed by atoms with Crippen molar-refractivity contribution in [2.24, 2.45) is 0 Å². The highest BCUT2D eigenvalue weighted by molar-refractivity contribution is 5.65. The first-order valence-corrected chi connectivity index (χ1v) is 11.6. The monoisotopic (exact) mass is 590 g/mol. The molecule has 14 heteroatoms. The maximum Gasteiger partial charge on any atom is 0.462 e. The minimum absolute atomic E-state index is 0.0519. The van der Waals surface area contributed by atoms with Crippen molar-refractivity contribution in [2.45, 2.75) is 32.0 Å². The molecular weight excluding hydrogens is 574 g/mol. The molecule has 0 spiro atoms. The second-order valence-corrected chi connectivity index (χ2v) is 8.56. The second kappa shape index (κ2) is 11.3. The third-order valence-electron chi connectivity index (χ3n) is 5.54. The van der Waals surface area contributed by atoms with Gasteiger partial charge >= 0.3 is 12.2 Å². The summed E-state index contributed by atoms with van der Waals surface area (Å²) >= 11 is 0. The van der Waals surface area contributed by atoms with E-state index in [1.165, 1.54) is 0 Å². The Kier molecular flexibility index (Phi) is 8.13. The van der Waals surface area contributed by atoms with Crippen LogP contribution in [0.3, 0.4) is 0 Å². The van der Waals surface area contributed by atoms with Crippen molar-refractivity contribution in [2.75, 3.05) is 0 Å². The van der Waals surface area contributed by atoms with Crippen LogP contribution in [0.25, 0.3) is 11.1 Å². The molecule has 0 N–H and O–H groups in total. The molecule has 4 nitrogen and oxygen atoms in total. The number of hydrogen-bond acceptors (Lipinski definition) is 4.